The standard InChI is InChI=1S/C13H25NO3/c1-6-17-13(16)7-8-14(11(4)5)12(15)9-10(2)3/h10-11H,6-9H2,1-5H3. The van der Waals surface area contributed by atoms with E-state index in [1.165, 1.54) is 0 Å². The highest BCUT2D eigenvalue weighted by Crippen LogP contribution is 2.08. The molecule has 0 aliphatic rings. The van der Waals surface area contributed by atoms with Crippen molar-refractivity contribution in [1.82, 2.24) is 4.90 Å². The maximum absolute atomic E-state index is 11.9. The number of carbonyl (C=O) groups excluding carboxylic acids is 2. The molecular weight excluding hydrogens is 218 g/mol. The minimum absolute atomic E-state index is 0.110. The van der Waals surface area contributed by atoms with Crippen molar-refractivity contribution in [3.63, 3.8) is 0 Å². The molecule has 0 saturated carbocycles. The summed E-state index contributed by atoms with van der Waals surface area (Å²) in [5, 5.41) is 0. The Morgan fingerprint density at radius 3 is 2.18 bits per heavy atom. The van der Waals surface area contributed by atoms with Gasteiger partial charge in [0.2, 0.25) is 5.91 Å². The summed E-state index contributed by atoms with van der Waals surface area (Å²) in [6.07, 6.45) is 0.802. The van der Waals surface area contributed by atoms with Gasteiger partial charge in [-0.3, -0.25) is 9.59 Å². The van der Waals surface area contributed by atoms with Gasteiger partial charge in [0.25, 0.3) is 0 Å². The molecule has 0 rings (SSSR count). The van der Waals surface area contributed by atoms with Crippen molar-refractivity contribution in [3.8, 4) is 0 Å². The molecule has 0 N–H and O–H groups in total. The molecule has 0 spiro atoms. The fourth-order valence-electron chi connectivity index (χ4n) is 1.58. The summed E-state index contributed by atoms with van der Waals surface area (Å²) in [5.41, 5.74) is 0. The molecule has 0 aromatic carbocycles. The van der Waals surface area contributed by atoms with Gasteiger partial charge in [0, 0.05) is 19.0 Å². The quantitative estimate of drug-likeness (QED) is 0.644. The van der Waals surface area contributed by atoms with E-state index in [1.54, 1.807) is 11.8 Å². The highest BCUT2D eigenvalue weighted by molar-refractivity contribution is 5.77. The van der Waals surface area contributed by atoms with E-state index in [1.807, 2.05) is 27.7 Å². The molecule has 17 heavy (non-hydrogen) atoms. The first-order chi connectivity index (χ1) is 7.88. The summed E-state index contributed by atoms with van der Waals surface area (Å²) in [4.78, 5) is 24.9. The van der Waals surface area contributed by atoms with E-state index in [0.717, 1.165) is 0 Å². The summed E-state index contributed by atoms with van der Waals surface area (Å²) in [6.45, 7) is 10.6. The average molecular weight is 243 g/mol. The maximum Gasteiger partial charge on any atom is 0.307 e. The van der Waals surface area contributed by atoms with Crippen molar-refractivity contribution < 1.29 is 14.3 Å². The van der Waals surface area contributed by atoms with Crippen LogP contribution < -0.4 is 0 Å². The van der Waals surface area contributed by atoms with Gasteiger partial charge in [0.05, 0.1) is 13.0 Å². The Bertz CT molecular complexity index is 249. The minimum atomic E-state index is -0.240. The van der Waals surface area contributed by atoms with Crippen LogP contribution in [0.4, 0.5) is 0 Å². The van der Waals surface area contributed by atoms with Crippen LogP contribution >= 0.6 is 0 Å². The van der Waals surface area contributed by atoms with Gasteiger partial charge in [-0.25, -0.2) is 0 Å². The van der Waals surface area contributed by atoms with Crippen molar-refractivity contribution in [2.24, 2.45) is 5.92 Å². The Morgan fingerprint density at radius 2 is 1.76 bits per heavy atom. The molecule has 0 atom stereocenters. The SMILES string of the molecule is CCOC(=O)CCN(C(=O)CC(C)C)C(C)C. The van der Waals surface area contributed by atoms with E-state index in [9.17, 15) is 9.59 Å². The second-order valence-corrected chi connectivity index (χ2v) is 4.83. The summed E-state index contributed by atoms with van der Waals surface area (Å²) >= 11 is 0. The predicted molar refractivity (Wildman–Crippen MR) is 67.6 cm³/mol. The van der Waals surface area contributed by atoms with Gasteiger partial charge in [-0.05, 0) is 26.7 Å². The molecular formula is C13H25NO3. The van der Waals surface area contributed by atoms with Crippen LogP contribution in [0.3, 0.4) is 0 Å². The Balaban J connectivity index is 4.24. The molecule has 4 heteroatoms. The number of hydrogen-bond donors (Lipinski definition) is 0. The molecule has 0 unspecified atom stereocenters. The monoisotopic (exact) mass is 243 g/mol. The Hall–Kier alpha value is -1.06. The normalized spacial score (nSPS) is 10.8. The molecule has 0 aliphatic heterocycles. The smallest absolute Gasteiger partial charge is 0.307 e. The van der Waals surface area contributed by atoms with Crippen molar-refractivity contribution in [1.29, 1.82) is 0 Å². The average Bonchev–Trinajstić information content (AvgIpc) is 2.16. The van der Waals surface area contributed by atoms with Crippen LogP contribution in [0.1, 0.15) is 47.5 Å². The highest BCUT2D eigenvalue weighted by Gasteiger charge is 2.18. The van der Waals surface area contributed by atoms with E-state index in [0.29, 0.717) is 25.5 Å². The molecule has 0 saturated heterocycles. The number of amides is 1. The number of rotatable bonds is 7. The maximum atomic E-state index is 11.9. The number of carbonyl (C=O) groups is 2. The molecule has 1 amide bonds. The Morgan fingerprint density at radius 1 is 1.18 bits per heavy atom. The van der Waals surface area contributed by atoms with Crippen LogP contribution in [0, 0.1) is 5.92 Å². The highest BCUT2D eigenvalue weighted by atomic mass is 16.5. The van der Waals surface area contributed by atoms with Gasteiger partial charge >= 0.3 is 5.97 Å². The van der Waals surface area contributed by atoms with Crippen LogP contribution in [0.2, 0.25) is 0 Å². The molecule has 100 valence electrons. The van der Waals surface area contributed by atoms with Crippen LogP contribution in [-0.2, 0) is 14.3 Å². The number of ether oxygens (including phenoxy) is 1. The lowest BCUT2D eigenvalue weighted by Gasteiger charge is -2.27. The largest absolute Gasteiger partial charge is 0.466 e. The molecule has 0 aromatic rings. The molecule has 0 bridgehead atoms. The first-order valence-corrected chi connectivity index (χ1v) is 6.33. The third-order valence-corrected chi connectivity index (χ3v) is 2.39. The third kappa shape index (κ3) is 6.97. The second-order valence-electron chi connectivity index (χ2n) is 4.83. The summed E-state index contributed by atoms with van der Waals surface area (Å²) in [5.74, 6) is 0.209. The van der Waals surface area contributed by atoms with E-state index in [2.05, 4.69) is 0 Å². The number of nitrogens with zero attached hydrogens (tertiary/aromatic N) is 1. The van der Waals surface area contributed by atoms with Gasteiger partial charge in [0.1, 0.15) is 0 Å². The van der Waals surface area contributed by atoms with Crippen molar-refractivity contribution in [2.45, 2.75) is 53.5 Å². The van der Waals surface area contributed by atoms with Gasteiger partial charge in [-0.1, -0.05) is 13.8 Å². The molecule has 0 radical (unpaired) electrons. The van der Waals surface area contributed by atoms with E-state index >= 15 is 0 Å². The zero-order valence-electron chi connectivity index (χ0n) is 11.7. The zero-order valence-corrected chi connectivity index (χ0v) is 11.7. The number of hydrogen-bond acceptors (Lipinski definition) is 3. The van der Waals surface area contributed by atoms with E-state index in [-0.39, 0.29) is 24.3 Å². The fraction of sp³-hybridized carbons (Fsp3) is 0.846. The molecule has 4 nitrogen and oxygen atoms in total. The van der Waals surface area contributed by atoms with Gasteiger partial charge < -0.3 is 9.64 Å². The van der Waals surface area contributed by atoms with Crippen molar-refractivity contribution in [2.75, 3.05) is 13.2 Å². The van der Waals surface area contributed by atoms with Crippen LogP contribution in [0.25, 0.3) is 0 Å². The number of esters is 1. The van der Waals surface area contributed by atoms with Gasteiger partial charge in [-0.2, -0.15) is 0 Å². The lowest BCUT2D eigenvalue weighted by molar-refractivity contribution is -0.144. The van der Waals surface area contributed by atoms with E-state index < -0.39 is 0 Å². The summed E-state index contributed by atoms with van der Waals surface area (Å²) < 4.78 is 4.86. The van der Waals surface area contributed by atoms with Crippen molar-refractivity contribution in [3.05, 3.63) is 0 Å². The van der Waals surface area contributed by atoms with Gasteiger partial charge in [-0.15, -0.1) is 0 Å². The summed E-state index contributed by atoms with van der Waals surface area (Å²) in [7, 11) is 0. The molecule has 0 aromatic heterocycles. The zero-order chi connectivity index (χ0) is 13.4. The molecule has 0 heterocycles. The summed E-state index contributed by atoms with van der Waals surface area (Å²) in [6, 6.07) is 0.121. The van der Waals surface area contributed by atoms with Crippen LogP contribution in [0.15, 0.2) is 0 Å². The lowest BCUT2D eigenvalue weighted by atomic mass is 10.1. The molecule has 0 aliphatic carbocycles. The second kappa shape index (κ2) is 8.09. The van der Waals surface area contributed by atoms with Gasteiger partial charge in [0.15, 0.2) is 0 Å². The van der Waals surface area contributed by atoms with E-state index in [4.69, 9.17) is 4.74 Å². The predicted octanol–water partition coefficient (Wildman–Crippen LogP) is 2.22. The topological polar surface area (TPSA) is 46.6 Å². The molecule has 0 fully saturated rings. The Kier molecular flexibility index (Phi) is 7.59. The first kappa shape index (κ1) is 15.9. The minimum Gasteiger partial charge on any atom is -0.466 e. The fourth-order valence-corrected chi connectivity index (χ4v) is 1.58. The first-order valence-electron chi connectivity index (χ1n) is 6.33. The van der Waals surface area contributed by atoms with Crippen LogP contribution in [0.5, 0.6) is 0 Å². The third-order valence-electron chi connectivity index (χ3n) is 2.39. The lowest BCUT2D eigenvalue weighted by Crippen LogP contribution is -2.39. The van der Waals surface area contributed by atoms with Crippen LogP contribution in [-0.4, -0.2) is 36.0 Å². The Labute approximate surface area is 104 Å². The van der Waals surface area contributed by atoms with Crippen molar-refractivity contribution >= 4 is 11.9 Å².